The molecule has 2 aromatic rings. The molecule has 0 bridgehead atoms. The fourth-order valence-corrected chi connectivity index (χ4v) is 3.21. The van der Waals surface area contributed by atoms with E-state index in [-0.39, 0.29) is 17.6 Å². The number of nitrogens with one attached hydrogen (secondary N) is 1. The van der Waals surface area contributed by atoms with Crippen LogP contribution in [-0.2, 0) is 6.42 Å². The zero-order chi connectivity index (χ0) is 20.9. The molecule has 0 saturated carbocycles. The number of aromatic nitrogens is 1. The first-order chi connectivity index (χ1) is 14.1. The number of carbonyl (C=O) groups excluding carboxylic acids is 1. The molecule has 2 rings (SSSR count). The number of amides is 1. The fourth-order valence-electron chi connectivity index (χ4n) is 3.21. The van der Waals surface area contributed by atoms with Crippen LogP contribution in [0.4, 0.5) is 0 Å². The van der Waals surface area contributed by atoms with Crippen LogP contribution in [0.5, 0.6) is 0 Å². The van der Waals surface area contributed by atoms with Gasteiger partial charge in [0.1, 0.15) is 6.26 Å². The number of unbranched alkanes of at least 4 members (excludes halogenated alkanes) is 2. The minimum Gasteiger partial charge on any atom is -0.446 e. The lowest BCUT2D eigenvalue weighted by atomic mass is 10.1. The van der Waals surface area contributed by atoms with E-state index in [1.54, 1.807) is 0 Å². The van der Waals surface area contributed by atoms with Gasteiger partial charge in [0.2, 0.25) is 5.89 Å². The highest BCUT2D eigenvalue weighted by atomic mass is 16.3. The number of hydrogen-bond acceptors (Lipinski definition) is 5. The molecule has 1 unspecified atom stereocenters. The van der Waals surface area contributed by atoms with Crippen molar-refractivity contribution in [2.45, 2.75) is 58.4 Å². The SMILES string of the molecule is CCCCN(CCCC)CCCNC(=O)c1coc(C(N)Cc2ccccc2)n1. The molecule has 0 aliphatic rings. The van der Waals surface area contributed by atoms with Gasteiger partial charge in [-0.15, -0.1) is 0 Å². The van der Waals surface area contributed by atoms with Crippen LogP contribution in [0.1, 0.15) is 73.9 Å². The molecule has 0 aliphatic carbocycles. The molecule has 6 heteroatoms. The summed E-state index contributed by atoms with van der Waals surface area (Å²) >= 11 is 0. The van der Waals surface area contributed by atoms with Gasteiger partial charge in [0.15, 0.2) is 5.69 Å². The fraction of sp³-hybridized carbons (Fsp3) is 0.565. The number of benzene rings is 1. The zero-order valence-corrected chi connectivity index (χ0v) is 17.9. The third kappa shape index (κ3) is 8.38. The normalized spacial score (nSPS) is 12.3. The van der Waals surface area contributed by atoms with Gasteiger partial charge in [0, 0.05) is 6.54 Å². The lowest BCUT2D eigenvalue weighted by Gasteiger charge is -2.21. The summed E-state index contributed by atoms with van der Waals surface area (Å²) in [7, 11) is 0. The van der Waals surface area contributed by atoms with Crippen molar-refractivity contribution in [1.82, 2.24) is 15.2 Å². The first-order valence-electron chi connectivity index (χ1n) is 10.9. The van der Waals surface area contributed by atoms with Gasteiger partial charge in [-0.25, -0.2) is 4.98 Å². The van der Waals surface area contributed by atoms with Gasteiger partial charge in [0.25, 0.3) is 5.91 Å². The molecule has 160 valence electrons. The number of carbonyl (C=O) groups is 1. The van der Waals surface area contributed by atoms with Crippen molar-refractivity contribution in [3.63, 3.8) is 0 Å². The first kappa shape index (κ1) is 23.1. The van der Waals surface area contributed by atoms with Crippen LogP contribution in [0.2, 0.25) is 0 Å². The number of hydrogen-bond donors (Lipinski definition) is 2. The minimum absolute atomic E-state index is 0.208. The maximum absolute atomic E-state index is 12.3. The molecule has 1 amide bonds. The first-order valence-corrected chi connectivity index (χ1v) is 10.9. The summed E-state index contributed by atoms with van der Waals surface area (Å²) in [5, 5.41) is 2.94. The van der Waals surface area contributed by atoms with Crippen molar-refractivity contribution < 1.29 is 9.21 Å². The number of nitrogens with zero attached hydrogens (tertiary/aromatic N) is 2. The lowest BCUT2D eigenvalue weighted by Crippen LogP contribution is -2.31. The summed E-state index contributed by atoms with van der Waals surface area (Å²) < 4.78 is 5.45. The van der Waals surface area contributed by atoms with Crippen LogP contribution in [0, 0.1) is 0 Å². The average Bonchev–Trinajstić information content (AvgIpc) is 3.23. The monoisotopic (exact) mass is 400 g/mol. The van der Waals surface area contributed by atoms with Gasteiger partial charge in [-0.1, -0.05) is 57.0 Å². The maximum atomic E-state index is 12.3. The maximum Gasteiger partial charge on any atom is 0.273 e. The van der Waals surface area contributed by atoms with Crippen molar-refractivity contribution >= 4 is 5.91 Å². The molecular weight excluding hydrogens is 364 g/mol. The largest absolute Gasteiger partial charge is 0.446 e. The van der Waals surface area contributed by atoms with Crippen LogP contribution in [0.25, 0.3) is 0 Å². The van der Waals surface area contributed by atoms with E-state index in [0.717, 1.165) is 31.6 Å². The van der Waals surface area contributed by atoms with Crippen molar-refractivity contribution in [3.05, 3.63) is 53.7 Å². The van der Waals surface area contributed by atoms with Crippen molar-refractivity contribution in [2.24, 2.45) is 5.73 Å². The summed E-state index contributed by atoms with van der Waals surface area (Å²) in [4.78, 5) is 19.1. The van der Waals surface area contributed by atoms with E-state index in [1.165, 1.54) is 31.9 Å². The summed E-state index contributed by atoms with van der Waals surface area (Å²) in [6, 6.07) is 9.57. The van der Waals surface area contributed by atoms with E-state index in [9.17, 15) is 4.79 Å². The smallest absolute Gasteiger partial charge is 0.273 e. The molecule has 0 aliphatic heterocycles. The van der Waals surface area contributed by atoms with E-state index in [0.29, 0.717) is 18.9 Å². The molecule has 0 radical (unpaired) electrons. The van der Waals surface area contributed by atoms with Crippen LogP contribution in [0.15, 0.2) is 41.0 Å². The van der Waals surface area contributed by atoms with Gasteiger partial charge >= 0.3 is 0 Å². The molecule has 1 aromatic carbocycles. The highest BCUT2D eigenvalue weighted by Gasteiger charge is 2.17. The van der Waals surface area contributed by atoms with Gasteiger partial charge in [-0.3, -0.25) is 4.79 Å². The molecule has 29 heavy (non-hydrogen) atoms. The van der Waals surface area contributed by atoms with Gasteiger partial charge in [0.05, 0.1) is 6.04 Å². The Morgan fingerprint density at radius 1 is 1.10 bits per heavy atom. The summed E-state index contributed by atoms with van der Waals surface area (Å²) in [6.45, 7) is 8.34. The van der Waals surface area contributed by atoms with Gasteiger partial charge in [-0.05, 0) is 50.9 Å². The molecule has 1 heterocycles. The van der Waals surface area contributed by atoms with E-state index >= 15 is 0 Å². The zero-order valence-electron chi connectivity index (χ0n) is 17.9. The number of oxazole rings is 1. The summed E-state index contributed by atoms with van der Waals surface area (Å²) in [5.41, 5.74) is 7.58. The van der Waals surface area contributed by atoms with E-state index in [4.69, 9.17) is 10.2 Å². The summed E-state index contributed by atoms with van der Waals surface area (Å²) in [5.74, 6) is 0.185. The Morgan fingerprint density at radius 2 is 1.76 bits per heavy atom. The van der Waals surface area contributed by atoms with Crippen LogP contribution >= 0.6 is 0 Å². The third-order valence-electron chi connectivity index (χ3n) is 4.96. The Bertz CT molecular complexity index is 694. The highest BCUT2D eigenvalue weighted by molar-refractivity contribution is 5.91. The van der Waals surface area contributed by atoms with Gasteiger partial charge in [-0.2, -0.15) is 0 Å². The second-order valence-electron chi connectivity index (χ2n) is 7.53. The molecule has 6 nitrogen and oxygen atoms in total. The molecule has 0 spiro atoms. The Labute approximate surface area is 174 Å². The second kappa shape index (κ2) is 13.1. The predicted octanol–water partition coefficient (Wildman–Crippen LogP) is 3.94. The quantitative estimate of drug-likeness (QED) is 0.469. The molecule has 0 fully saturated rings. The highest BCUT2D eigenvalue weighted by Crippen LogP contribution is 2.15. The molecule has 3 N–H and O–H groups in total. The Morgan fingerprint density at radius 3 is 2.41 bits per heavy atom. The Hall–Kier alpha value is -2.18. The molecular formula is C23H36N4O2. The lowest BCUT2D eigenvalue weighted by molar-refractivity contribution is 0.0946. The van der Waals surface area contributed by atoms with Crippen LogP contribution < -0.4 is 11.1 Å². The second-order valence-corrected chi connectivity index (χ2v) is 7.53. The minimum atomic E-state index is -0.371. The average molecular weight is 401 g/mol. The van der Waals surface area contributed by atoms with E-state index in [2.05, 4.69) is 29.0 Å². The van der Waals surface area contributed by atoms with Crippen LogP contribution in [-0.4, -0.2) is 42.0 Å². The van der Waals surface area contributed by atoms with E-state index < -0.39 is 0 Å². The predicted molar refractivity (Wildman–Crippen MR) is 117 cm³/mol. The number of rotatable bonds is 14. The summed E-state index contributed by atoms with van der Waals surface area (Å²) in [6.07, 6.45) is 7.80. The molecule has 1 atom stereocenters. The topological polar surface area (TPSA) is 84.4 Å². The number of nitrogens with two attached hydrogens (primary N) is 1. The van der Waals surface area contributed by atoms with E-state index in [1.807, 2.05) is 30.3 Å². The Kier molecular flexibility index (Phi) is 10.5. The molecule has 0 saturated heterocycles. The van der Waals surface area contributed by atoms with Crippen molar-refractivity contribution in [3.8, 4) is 0 Å². The standard InChI is InChI=1S/C23H36N4O2/c1-3-5-14-27(15-6-4-2)16-10-13-25-22(28)21-18-29-23(26-21)20(24)17-19-11-8-7-9-12-19/h7-9,11-12,18,20H,3-6,10,13-17,24H2,1-2H3,(H,25,28). The third-order valence-corrected chi connectivity index (χ3v) is 4.96. The van der Waals surface area contributed by atoms with Crippen molar-refractivity contribution in [1.29, 1.82) is 0 Å². The van der Waals surface area contributed by atoms with Gasteiger partial charge < -0.3 is 20.4 Å². The Balaban J connectivity index is 1.75. The van der Waals surface area contributed by atoms with Crippen molar-refractivity contribution in [2.75, 3.05) is 26.2 Å². The molecule has 1 aromatic heterocycles. The van der Waals surface area contributed by atoms with Crippen LogP contribution in [0.3, 0.4) is 0 Å².